The number of rotatable bonds is 5. The first-order chi connectivity index (χ1) is 11.3. The Hall–Kier alpha value is -2.13. The van der Waals surface area contributed by atoms with Crippen molar-refractivity contribution < 1.29 is 41.7 Å². The van der Waals surface area contributed by atoms with E-state index in [1.807, 2.05) is 0 Å². The highest BCUT2D eigenvalue weighted by Gasteiger charge is 2.69. The minimum atomic E-state index is -5.13. The Balaban J connectivity index is 2.00. The zero-order valence-corrected chi connectivity index (χ0v) is 12.7. The summed E-state index contributed by atoms with van der Waals surface area (Å²) in [7, 11) is 0. The van der Waals surface area contributed by atoms with Crippen LogP contribution in [0.4, 0.5) is 13.2 Å². The van der Waals surface area contributed by atoms with Crippen molar-refractivity contribution in [3.8, 4) is 0 Å². The topological polar surface area (TPSA) is 71.1 Å². The maximum absolute atomic E-state index is 13.2. The summed E-state index contributed by atoms with van der Waals surface area (Å²) in [5.41, 5.74) is 0.240. The van der Waals surface area contributed by atoms with Crippen molar-refractivity contribution >= 4 is 11.9 Å². The Labute approximate surface area is 135 Å². The van der Waals surface area contributed by atoms with Crippen molar-refractivity contribution in [2.24, 2.45) is 0 Å². The molecule has 0 aliphatic carbocycles. The monoisotopic (exact) mass is 348 g/mol. The number of ether oxygens (including phenoxy) is 4. The second-order valence-corrected chi connectivity index (χ2v) is 4.85. The Morgan fingerprint density at radius 1 is 1.25 bits per heavy atom. The maximum atomic E-state index is 13.2. The lowest BCUT2D eigenvalue weighted by Gasteiger charge is -2.27. The number of hydrogen-bond donors (Lipinski definition) is 0. The van der Waals surface area contributed by atoms with Crippen LogP contribution in [0.5, 0.6) is 0 Å². The Kier molecular flexibility index (Phi) is 5.45. The number of benzene rings is 1. The number of alkyl halides is 3. The van der Waals surface area contributed by atoms with Crippen LogP contribution >= 0.6 is 0 Å². The highest BCUT2D eigenvalue weighted by atomic mass is 19.4. The summed E-state index contributed by atoms with van der Waals surface area (Å²) in [4.78, 5) is 23.4. The lowest BCUT2D eigenvalue weighted by molar-refractivity contribution is -0.337. The van der Waals surface area contributed by atoms with E-state index in [0.29, 0.717) is 0 Å². The molecule has 24 heavy (non-hydrogen) atoms. The van der Waals surface area contributed by atoms with Crippen LogP contribution in [0, 0.1) is 0 Å². The fourth-order valence-corrected chi connectivity index (χ4v) is 2.02. The van der Waals surface area contributed by atoms with Gasteiger partial charge in [-0.3, -0.25) is 0 Å². The van der Waals surface area contributed by atoms with Gasteiger partial charge < -0.3 is 18.9 Å². The molecule has 6 nitrogen and oxygen atoms in total. The predicted molar refractivity (Wildman–Crippen MR) is 73.0 cm³/mol. The van der Waals surface area contributed by atoms with E-state index in [1.54, 1.807) is 18.2 Å². The van der Waals surface area contributed by atoms with Crippen molar-refractivity contribution in [1.29, 1.82) is 0 Å². The van der Waals surface area contributed by atoms with E-state index < -0.39 is 43.2 Å². The molecule has 1 heterocycles. The summed E-state index contributed by atoms with van der Waals surface area (Å²) in [6.45, 7) is 0.0262. The lowest BCUT2D eigenvalue weighted by atomic mass is 10.2. The minimum absolute atomic E-state index is 0.240. The van der Waals surface area contributed by atoms with Crippen LogP contribution in [0.15, 0.2) is 30.3 Å². The molecule has 9 heteroatoms. The molecule has 1 fully saturated rings. The van der Waals surface area contributed by atoms with Gasteiger partial charge in [-0.1, -0.05) is 18.2 Å². The number of carbonyl (C=O) groups excluding carboxylic acids is 2. The van der Waals surface area contributed by atoms with Crippen molar-refractivity contribution in [3.05, 3.63) is 35.9 Å². The Morgan fingerprint density at radius 3 is 2.50 bits per heavy atom. The zero-order chi connectivity index (χ0) is 17.8. The molecule has 0 saturated carbocycles. The van der Waals surface area contributed by atoms with Crippen LogP contribution in [-0.2, 0) is 23.7 Å². The molecule has 1 aliphatic rings. The maximum Gasteiger partial charge on any atom is 0.455 e. The lowest BCUT2D eigenvalue weighted by Crippen LogP contribution is -2.54. The van der Waals surface area contributed by atoms with E-state index in [-0.39, 0.29) is 12.2 Å². The van der Waals surface area contributed by atoms with Crippen molar-refractivity contribution in [3.63, 3.8) is 0 Å². The molecule has 0 N–H and O–H groups in total. The van der Waals surface area contributed by atoms with Gasteiger partial charge in [0.15, 0.2) is 0 Å². The molecule has 132 valence electrons. The minimum Gasteiger partial charge on any atom is -0.462 e. The molecular formula is C15H15F3O6. The quantitative estimate of drug-likeness (QED) is 0.759. The number of halogens is 3. The molecule has 1 aromatic rings. The van der Waals surface area contributed by atoms with Gasteiger partial charge >= 0.3 is 23.9 Å². The molecule has 0 bridgehead atoms. The van der Waals surface area contributed by atoms with Gasteiger partial charge in [-0.25, -0.2) is 9.59 Å². The third-order valence-corrected chi connectivity index (χ3v) is 3.13. The van der Waals surface area contributed by atoms with Gasteiger partial charge in [0.1, 0.15) is 12.7 Å². The van der Waals surface area contributed by atoms with Crippen LogP contribution in [0.25, 0.3) is 0 Å². The predicted octanol–water partition coefficient (Wildman–Crippen LogP) is 2.08. The molecular weight excluding hydrogens is 333 g/mol. The molecule has 1 aliphatic heterocycles. The van der Waals surface area contributed by atoms with Gasteiger partial charge in [-0.05, 0) is 19.1 Å². The van der Waals surface area contributed by atoms with E-state index in [0.717, 1.165) is 0 Å². The highest BCUT2D eigenvalue weighted by Crippen LogP contribution is 2.40. The second kappa shape index (κ2) is 7.18. The second-order valence-electron chi connectivity index (χ2n) is 4.85. The highest BCUT2D eigenvalue weighted by molar-refractivity contribution is 5.89. The third kappa shape index (κ3) is 3.68. The molecule has 0 amide bonds. The van der Waals surface area contributed by atoms with E-state index >= 15 is 0 Å². The average molecular weight is 348 g/mol. The van der Waals surface area contributed by atoms with Crippen LogP contribution < -0.4 is 0 Å². The van der Waals surface area contributed by atoms with Gasteiger partial charge in [-0.2, -0.15) is 13.2 Å². The van der Waals surface area contributed by atoms with E-state index in [2.05, 4.69) is 9.47 Å². The summed E-state index contributed by atoms with van der Waals surface area (Å²) < 4.78 is 58.1. The number of esters is 2. The molecule has 0 spiro atoms. The molecule has 1 aromatic carbocycles. The number of carbonyl (C=O) groups is 2. The van der Waals surface area contributed by atoms with Crippen LogP contribution in [0.2, 0.25) is 0 Å². The van der Waals surface area contributed by atoms with E-state index in [1.165, 1.54) is 19.1 Å². The zero-order valence-electron chi connectivity index (χ0n) is 12.7. The molecule has 2 rings (SSSR count). The average Bonchev–Trinajstić information content (AvgIpc) is 2.99. The summed E-state index contributed by atoms with van der Waals surface area (Å²) in [5, 5.41) is 0. The SMILES string of the molecule is CCOC(=O)C1(C(F)(F)F)OCC(COC(=O)c2ccccc2)O1. The summed E-state index contributed by atoms with van der Waals surface area (Å²) >= 11 is 0. The smallest absolute Gasteiger partial charge is 0.455 e. The van der Waals surface area contributed by atoms with Gasteiger partial charge in [0.05, 0.1) is 18.8 Å². The van der Waals surface area contributed by atoms with Crippen molar-refractivity contribution in [1.82, 2.24) is 0 Å². The van der Waals surface area contributed by atoms with Gasteiger partial charge in [0.2, 0.25) is 0 Å². The Bertz CT molecular complexity index is 589. The van der Waals surface area contributed by atoms with Gasteiger partial charge in [0, 0.05) is 0 Å². The van der Waals surface area contributed by atoms with Gasteiger partial charge in [-0.15, -0.1) is 0 Å². The first-order valence-electron chi connectivity index (χ1n) is 7.08. The fraction of sp³-hybridized carbons (Fsp3) is 0.467. The molecule has 0 radical (unpaired) electrons. The van der Waals surface area contributed by atoms with Crippen LogP contribution in [-0.4, -0.2) is 49.8 Å². The van der Waals surface area contributed by atoms with Crippen molar-refractivity contribution in [2.45, 2.75) is 25.0 Å². The van der Waals surface area contributed by atoms with Crippen LogP contribution in [0.1, 0.15) is 17.3 Å². The molecule has 1 saturated heterocycles. The van der Waals surface area contributed by atoms with Crippen LogP contribution in [0.3, 0.4) is 0 Å². The van der Waals surface area contributed by atoms with Gasteiger partial charge in [0.25, 0.3) is 0 Å². The fourth-order valence-electron chi connectivity index (χ4n) is 2.02. The normalized spacial score (nSPS) is 23.8. The molecule has 0 aromatic heterocycles. The standard InChI is InChI=1S/C15H15F3O6/c1-2-21-13(20)14(15(16,17)18)23-9-11(24-14)8-22-12(19)10-6-4-3-5-7-10/h3-7,11H,2,8-9H2,1H3. The number of hydrogen-bond acceptors (Lipinski definition) is 6. The Morgan fingerprint density at radius 2 is 1.92 bits per heavy atom. The van der Waals surface area contributed by atoms with E-state index in [4.69, 9.17) is 9.47 Å². The molecule has 2 atom stereocenters. The summed E-state index contributed by atoms with van der Waals surface area (Å²) in [5.74, 6) is -5.90. The van der Waals surface area contributed by atoms with E-state index in [9.17, 15) is 22.8 Å². The summed E-state index contributed by atoms with van der Waals surface area (Å²) in [6, 6.07) is 7.91. The van der Waals surface area contributed by atoms with Crippen molar-refractivity contribution in [2.75, 3.05) is 19.8 Å². The largest absolute Gasteiger partial charge is 0.462 e. The summed E-state index contributed by atoms with van der Waals surface area (Å²) in [6.07, 6.45) is -6.37. The molecule has 2 unspecified atom stereocenters. The third-order valence-electron chi connectivity index (χ3n) is 3.13. The first-order valence-corrected chi connectivity index (χ1v) is 7.08. The first kappa shape index (κ1) is 18.2.